The molecule has 8 heteroatoms. The molecule has 2 heterocycles. The standard InChI is InChI=1S/C31H38ClN5O2/c1-9-19(4)24-14-20(5)22(7)29(30(24)32)25(33-11-3)16-23-17-34-26(15-21(23)6)31-27(36-28(38)10-2)18-35-37(31)12-13-39-8/h10-11,14-19,33H,2-3,9,12-13H2,1,4-8H3,(H,36,38)/b25-16-. The van der Waals surface area contributed by atoms with Crippen molar-refractivity contribution in [1.29, 1.82) is 0 Å². The quantitative estimate of drug-likeness (QED) is 0.238. The van der Waals surface area contributed by atoms with E-state index in [0.29, 0.717) is 36.1 Å². The first kappa shape index (κ1) is 29.9. The molecule has 3 rings (SSSR count). The third-order valence-corrected chi connectivity index (χ3v) is 7.37. The molecule has 2 N–H and O–H groups in total. The Morgan fingerprint density at radius 3 is 2.56 bits per heavy atom. The summed E-state index contributed by atoms with van der Waals surface area (Å²) in [7, 11) is 1.63. The number of halogens is 1. The maximum atomic E-state index is 12.0. The molecule has 1 unspecified atom stereocenters. The predicted molar refractivity (Wildman–Crippen MR) is 162 cm³/mol. The van der Waals surface area contributed by atoms with Crippen LogP contribution in [0.2, 0.25) is 5.02 Å². The van der Waals surface area contributed by atoms with Crippen LogP contribution in [0.1, 0.15) is 59.6 Å². The van der Waals surface area contributed by atoms with Crippen LogP contribution in [0.5, 0.6) is 0 Å². The predicted octanol–water partition coefficient (Wildman–Crippen LogP) is 7.04. The van der Waals surface area contributed by atoms with Crippen molar-refractivity contribution in [3.8, 4) is 11.4 Å². The number of pyridine rings is 1. The van der Waals surface area contributed by atoms with Gasteiger partial charge >= 0.3 is 0 Å². The molecule has 7 nitrogen and oxygen atoms in total. The van der Waals surface area contributed by atoms with Gasteiger partial charge in [-0.2, -0.15) is 5.10 Å². The Labute approximate surface area is 236 Å². The molecule has 1 aromatic carbocycles. The van der Waals surface area contributed by atoms with E-state index in [1.807, 2.05) is 25.3 Å². The summed E-state index contributed by atoms with van der Waals surface area (Å²) in [5.41, 5.74) is 9.09. The molecule has 206 valence electrons. The maximum Gasteiger partial charge on any atom is 0.247 e. The Balaban J connectivity index is 2.13. The molecule has 3 aromatic rings. The first-order chi connectivity index (χ1) is 18.7. The fraction of sp³-hybridized carbons (Fsp3) is 0.323. The van der Waals surface area contributed by atoms with Crippen LogP contribution in [-0.2, 0) is 16.1 Å². The van der Waals surface area contributed by atoms with Crippen LogP contribution < -0.4 is 10.6 Å². The molecule has 0 aliphatic heterocycles. The van der Waals surface area contributed by atoms with Gasteiger partial charge in [0.2, 0.25) is 5.91 Å². The largest absolute Gasteiger partial charge is 0.383 e. The van der Waals surface area contributed by atoms with Crippen LogP contribution >= 0.6 is 11.6 Å². The van der Waals surface area contributed by atoms with Crippen molar-refractivity contribution in [3.63, 3.8) is 0 Å². The average Bonchev–Trinajstić information content (AvgIpc) is 3.32. The Morgan fingerprint density at radius 1 is 1.21 bits per heavy atom. The minimum atomic E-state index is -0.318. The highest BCUT2D eigenvalue weighted by Crippen LogP contribution is 2.37. The van der Waals surface area contributed by atoms with Gasteiger partial charge in [-0.25, -0.2) is 0 Å². The lowest BCUT2D eigenvalue weighted by Crippen LogP contribution is -2.11. The van der Waals surface area contributed by atoms with E-state index in [2.05, 4.69) is 62.7 Å². The fourth-order valence-electron chi connectivity index (χ4n) is 4.39. The maximum absolute atomic E-state index is 12.0. The number of benzene rings is 1. The van der Waals surface area contributed by atoms with Crippen molar-refractivity contribution in [1.82, 2.24) is 20.1 Å². The molecule has 0 aliphatic rings. The molecular weight excluding hydrogens is 510 g/mol. The number of anilines is 1. The highest BCUT2D eigenvalue weighted by molar-refractivity contribution is 6.33. The number of carbonyl (C=O) groups is 1. The van der Waals surface area contributed by atoms with Crippen LogP contribution in [-0.4, -0.2) is 34.4 Å². The first-order valence-electron chi connectivity index (χ1n) is 13.0. The van der Waals surface area contributed by atoms with Crippen LogP contribution in [0.4, 0.5) is 5.69 Å². The van der Waals surface area contributed by atoms with Gasteiger partial charge in [0.15, 0.2) is 0 Å². The molecule has 0 spiro atoms. The van der Waals surface area contributed by atoms with Crippen molar-refractivity contribution in [3.05, 3.63) is 88.4 Å². The van der Waals surface area contributed by atoms with Gasteiger partial charge in [-0.3, -0.25) is 14.5 Å². The monoisotopic (exact) mass is 547 g/mol. The van der Waals surface area contributed by atoms with E-state index in [0.717, 1.165) is 45.0 Å². The summed E-state index contributed by atoms with van der Waals surface area (Å²) >= 11 is 7.03. The topological polar surface area (TPSA) is 81.1 Å². The molecule has 0 saturated carbocycles. The Kier molecular flexibility index (Phi) is 10.3. The second-order valence-corrected chi connectivity index (χ2v) is 9.93. The summed E-state index contributed by atoms with van der Waals surface area (Å²) in [6.07, 6.45) is 9.35. The van der Waals surface area contributed by atoms with Crippen LogP contribution in [0.25, 0.3) is 23.2 Å². The van der Waals surface area contributed by atoms with Crippen LogP contribution in [0.15, 0.2) is 50.0 Å². The number of ether oxygens (including phenoxy) is 1. The molecule has 0 saturated heterocycles. The van der Waals surface area contributed by atoms with E-state index in [9.17, 15) is 4.79 Å². The molecule has 1 atom stereocenters. The van der Waals surface area contributed by atoms with Crippen LogP contribution in [0.3, 0.4) is 0 Å². The van der Waals surface area contributed by atoms with Crippen molar-refractivity contribution in [2.24, 2.45) is 0 Å². The van der Waals surface area contributed by atoms with Gasteiger partial charge in [-0.15, -0.1) is 0 Å². The molecule has 0 radical (unpaired) electrons. The van der Waals surface area contributed by atoms with Gasteiger partial charge in [0.25, 0.3) is 0 Å². The van der Waals surface area contributed by atoms with E-state index in [1.165, 1.54) is 11.6 Å². The number of nitrogens with one attached hydrogen (secondary N) is 2. The summed E-state index contributed by atoms with van der Waals surface area (Å²) in [6, 6.07) is 4.18. The number of amides is 1. The second-order valence-electron chi connectivity index (χ2n) is 9.55. The van der Waals surface area contributed by atoms with Gasteiger partial charge in [-0.05, 0) is 85.3 Å². The summed E-state index contributed by atoms with van der Waals surface area (Å²) in [4.78, 5) is 16.8. The first-order valence-corrected chi connectivity index (χ1v) is 13.4. The number of rotatable bonds is 12. The highest BCUT2D eigenvalue weighted by atomic mass is 35.5. The molecule has 39 heavy (non-hydrogen) atoms. The molecular formula is C31H38ClN5O2. The number of hydrogen-bond acceptors (Lipinski definition) is 5. The zero-order valence-electron chi connectivity index (χ0n) is 23.7. The van der Waals surface area contributed by atoms with E-state index in [1.54, 1.807) is 24.2 Å². The van der Waals surface area contributed by atoms with E-state index in [-0.39, 0.29) is 5.91 Å². The third-order valence-electron chi connectivity index (χ3n) is 6.97. The lowest BCUT2D eigenvalue weighted by molar-refractivity contribution is -0.111. The van der Waals surface area contributed by atoms with Crippen molar-refractivity contribution < 1.29 is 9.53 Å². The summed E-state index contributed by atoms with van der Waals surface area (Å²) in [5, 5.41) is 11.3. The SMILES string of the molecule is C=CN/C(=C\c1cnc(-c2c(NC(=O)C=C)cnn2CCOC)cc1C)c1c(C)c(C)cc(C(C)CC)c1Cl. The van der Waals surface area contributed by atoms with E-state index >= 15 is 0 Å². The summed E-state index contributed by atoms with van der Waals surface area (Å²) in [5.74, 6) is 0.0167. The van der Waals surface area contributed by atoms with Gasteiger partial charge < -0.3 is 15.4 Å². The summed E-state index contributed by atoms with van der Waals surface area (Å²) in [6.45, 7) is 19.0. The average molecular weight is 548 g/mol. The summed E-state index contributed by atoms with van der Waals surface area (Å²) < 4.78 is 7.01. The molecule has 0 bridgehead atoms. The Bertz CT molecular complexity index is 1410. The zero-order chi connectivity index (χ0) is 28.7. The lowest BCUT2D eigenvalue weighted by atomic mass is 9.90. The number of hydrogen-bond donors (Lipinski definition) is 2. The number of carbonyl (C=O) groups excluding carboxylic acids is 1. The minimum Gasteiger partial charge on any atom is -0.383 e. The van der Waals surface area contributed by atoms with Crippen molar-refractivity contribution in [2.45, 2.75) is 53.5 Å². The Morgan fingerprint density at radius 2 is 1.95 bits per heavy atom. The zero-order valence-corrected chi connectivity index (χ0v) is 24.4. The van der Waals surface area contributed by atoms with E-state index in [4.69, 9.17) is 21.3 Å². The highest BCUT2D eigenvalue weighted by Gasteiger charge is 2.20. The molecule has 0 aliphatic carbocycles. The third kappa shape index (κ3) is 6.67. The number of methoxy groups -OCH3 is 1. The van der Waals surface area contributed by atoms with Gasteiger partial charge in [0.05, 0.1) is 35.8 Å². The normalized spacial score (nSPS) is 12.2. The number of aryl methyl sites for hydroxylation is 2. The molecule has 0 fully saturated rings. The minimum absolute atomic E-state index is 0.318. The van der Waals surface area contributed by atoms with Crippen molar-refractivity contribution >= 4 is 35.0 Å². The number of nitrogens with zero attached hydrogens (tertiary/aromatic N) is 3. The smallest absolute Gasteiger partial charge is 0.247 e. The fourth-order valence-corrected chi connectivity index (χ4v) is 4.87. The lowest BCUT2D eigenvalue weighted by Gasteiger charge is -2.21. The van der Waals surface area contributed by atoms with Crippen molar-refractivity contribution in [2.75, 3.05) is 19.0 Å². The van der Waals surface area contributed by atoms with Crippen LogP contribution in [0, 0.1) is 20.8 Å². The van der Waals surface area contributed by atoms with Gasteiger partial charge in [0.1, 0.15) is 5.69 Å². The van der Waals surface area contributed by atoms with Gasteiger partial charge in [-0.1, -0.05) is 44.7 Å². The molecule has 2 aromatic heterocycles. The molecule has 1 amide bonds. The van der Waals surface area contributed by atoms with E-state index < -0.39 is 0 Å². The van der Waals surface area contributed by atoms with Gasteiger partial charge in [0, 0.05) is 24.6 Å². The second kappa shape index (κ2) is 13.4. The number of aromatic nitrogens is 3. The Hall–Kier alpha value is -3.68.